The number of carbonyl (C=O) groups is 1. The van der Waals surface area contributed by atoms with Crippen molar-refractivity contribution < 1.29 is 9.18 Å². The molecule has 21 heavy (non-hydrogen) atoms. The molecule has 0 amide bonds. The quantitative estimate of drug-likeness (QED) is 0.748. The summed E-state index contributed by atoms with van der Waals surface area (Å²) in [5, 5.41) is 0. The Balaban J connectivity index is 1.97. The molecule has 2 aromatic carbocycles. The summed E-state index contributed by atoms with van der Waals surface area (Å²) in [5.41, 5.74) is 4.70. The standard InChI is InChI=1S/C18H19FOS/c1-12-8-13(2)18(14(3)9-12)10-16(20)11-21-17-6-4-15(19)5-7-17/h4-9H,10-11H2,1-3H3. The maximum atomic E-state index is 12.8. The number of Topliss-reactive ketones (excluding diaryl/α,β-unsaturated/α-hetero) is 1. The summed E-state index contributed by atoms with van der Waals surface area (Å²) >= 11 is 1.46. The van der Waals surface area contributed by atoms with E-state index < -0.39 is 0 Å². The van der Waals surface area contributed by atoms with E-state index in [4.69, 9.17) is 0 Å². The summed E-state index contributed by atoms with van der Waals surface area (Å²) in [7, 11) is 0. The van der Waals surface area contributed by atoms with Gasteiger partial charge in [0.05, 0.1) is 5.75 Å². The van der Waals surface area contributed by atoms with Gasteiger partial charge in [0.15, 0.2) is 0 Å². The molecule has 0 saturated carbocycles. The SMILES string of the molecule is Cc1cc(C)c(CC(=O)CSc2ccc(F)cc2)c(C)c1. The van der Waals surface area contributed by atoms with E-state index in [0.717, 1.165) is 10.5 Å². The smallest absolute Gasteiger partial charge is 0.147 e. The number of aryl methyl sites for hydroxylation is 3. The summed E-state index contributed by atoms with van der Waals surface area (Å²) in [6, 6.07) is 10.5. The van der Waals surface area contributed by atoms with E-state index >= 15 is 0 Å². The fourth-order valence-electron chi connectivity index (χ4n) is 2.43. The number of hydrogen-bond acceptors (Lipinski definition) is 2. The van der Waals surface area contributed by atoms with Crippen molar-refractivity contribution in [3.63, 3.8) is 0 Å². The molecule has 1 nitrogen and oxygen atoms in total. The van der Waals surface area contributed by atoms with E-state index in [1.54, 1.807) is 12.1 Å². The van der Waals surface area contributed by atoms with E-state index in [1.807, 2.05) is 0 Å². The van der Waals surface area contributed by atoms with Gasteiger partial charge in [-0.3, -0.25) is 4.79 Å². The molecule has 0 aromatic heterocycles. The van der Waals surface area contributed by atoms with E-state index in [0.29, 0.717) is 12.2 Å². The van der Waals surface area contributed by atoms with Gasteiger partial charge < -0.3 is 0 Å². The van der Waals surface area contributed by atoms with Crippen molar-refractivity contribution in [3.8, 4) is 0 Å². The number of halogens is 1. The van der Waals surface area contributed by atoms with Crippen LogP contribution in [0, 0.1) is 26.6 Å². The molecule has 0 bridgehead atoms. The second kappa shape index (κ2) is 6.90. The lowest BCUT2D eigenvalue weighted by Crippen LogP contribution is -2.08. The van der Waals surface area contributed by atoms with Crippen molar-refractivity contribution in [3.05, 3.63) is 64.5 Å². The number of carbonyl (C=O) groups excluding carboxylic acids is 1. The Labute approximate surface area is 129 Å². The average molecular weight is 302 g/mol. The molecule has 0 aliphatic rings. The normalized spacial score (nSPS) is 10.7. The summed E-state index contributed by atoms with van der Waals surface area (Å²) in [6.07, 6.45) is 0.464. The van der Waals surface area contributed by atoms with E-state index in [1.165, 1.54) is 40.6 Å². The average Bonchev–Trinajstić information content (AvgIpc) is 2.42. The van der Waals surface area contributed by atoms with Crippen LogP contribution in [-0.2, 0) is 11.2 Å². The fraction of sp³-hybridized carbons (Fsp3) is 0.278. The van der Waals surface area contributed by atoms with E-state index in [9.17, 15) is 9.18 Å². The number of ketones is 1. The van der Waals surface area contributed by atoms with Crippen LogP contribution in [0.2, 0.25) is 0 Å². The first-order valence-electron chi connectivity index (χ1n) is 6.92. The Hall–Kier alpha value is -1.61. The van der Waals surface area contributed by atoms with Crippen molar-refractivity contribution in [2.45, 2.75) is 32.1 Å². The second-order valence-electron chi connectivity index (χ2n) is 5.34. The van der Waals surface area contributed by atoms with Crippen LogP contribution >= 0.6 is 11.8 Å². The maximum Gasteiger partial charge on any atom is 0.147 e. The summed E-state index contributed by atoms with van der Waals surface area (Å²) in [4.78, 5) is 13.1. The highest BCUT2D eigenvalue weighted by Gasteiger charge is 2.10. The van der Waals surface area contributed by atoms with Gasteiger partial charge in [-0.2, -0.15) is 0 Å². The van der Waals surface area contributed by atoms with Gasteiger partial charge >= 0.3 is 0 Å². The number of hydrogen-bond donors (Lipinski definition) is 0. The minimum atomic E-state index is -0.253. The second-order valence-corrected chi connectivity index (χ2v) is 6.38. The Kier molecular flexibility index (Phi) is 5.18. The van der Waals surface area contributed by atoms with Gasteiger partial charge in [0.25, 0.3) is 0 Å². The molecule has 110 valence electrons. The Morgan fingerprint density at radius 3 is 2.19 bits per heavy atom. The Morgan fingerprint density at radius 2 is 1.62 bits per heavy atom. The molecule has 0 N–H and O–H groups in total. The monoisotopic (exact) mass is 302 g/mol. The van der Waals surface area contributed by atoms with Crippen molar-refractivity contribution >= 4 is 17.5 Å². The molecule has 0 radical (unpaired) electrons. The molecule has 2 rings (SSSR count). The third-order valence-electron chi connectivity index (χ3n) is 3.43. The molecule has 0 fully saturated rings. The third kappa shape index (κ3) is 4.43. The van der Waals surface area contributed by atoms with Crippen LogP contribution in [0.3, 0.4) is 0 Å². The molecule has 0 saturated heterocycles. The molecular weight excluding hydrogens is 283 g/mol. The predicted octanol–water partition coefficient (Wildman–Crippen LogP) is 4.65. The molecule has 0 atom stereocenters. The summed E-state index contributed by atoms with van der Waals surface area (Å²) in [5.74, 6) is 0.356. The van der Waals surface area contributed by atoms with Crippen molar-refractivity contribution in [1.29, 1.82) is 0 Å². The first-order chi connectivity index (χ1) is 9.95. The Morgan fingerprint density at radius 1 is 1.05 bits per heavy atom. The van der Waals surface area contributed by atoms with Crippen LogP contribution in [0.15, 0.2) is 41.3 Å². The molecular formula is C18H19FOS. The molecule has 0 unspecified atom stereocenters. The van der Waals surface area contributed by atoms with Crippen molar-refractivity contribution in [2.24, 2.45) is 0 Å². The molecule has 0 heterocycles. The highest BCUT2D eigenvalue weighted by Crippen LogP contribution is 2.21. The number of thioether (sulfide) groups is 1. The Bertz CT molecular complexity index is 624. The zero-order valence-electron chi connectivity index (χ0n) is 12.6. The van der Waals surface area contributed by atoms with Gasteiger partial charge in [-0.25, -0.2) is 4.39 Å². The maximum absolute atomic E-state index is 12.8. The van der Waals surface area contributed by atoms with Gasteiger partial charge in [-0.05, 0) is 61.7 Å². The van der Waals surface area contributed by atoms with E-state index in [-0.39, 0.29) is 11.6 Å². The van der Waals surface area contributed by atoms with Crippen molar-refractivity contribution in [2.75, 3.05) is 5.75 Å². The lowest BCUT2D eigenvalue weighted by molar-refractivity contribution is -0.116. The predicted molar refractivity (Wildman–Crippen MR) is 86.5 cm³/mol. The number of benzene rings is 2. The minimum Gasteiger partial charge on any atom is -0.298 e. The molecule has 0 aliphatic carbocycles. The molecule has 0 spiro atoms. The lowest BCUT2D eigenvalue weighted by atomic mass is 9.96. The zero-order chi connectivity index (χ0) is 15.4. The van der Waals surface area contributed by atoms with Gasteiger partial charge in [-0.15, -0.1) is 11.8 Å². The van der Waals surface area contributed by atoms with Gasteiger partial charge in [0.2, 0.25) is 0 Å². The summed E-state index contributed by atoms with van der Waals surface area (Å²) in [6.45, 7) is 6.17. The highest BCUT2D eigenvalue weighted by atomic mass is 32.2. The third-order valence-corrected chi connectivity index (χ3v) is 4.50. The van der Waals surface area contributed by atoms with Gasteiger partial charge in [0.1, 0.15) is 11.6 Å². The van der Waals surface area contributed by atoms with Crippen LogP contribution in [0.5, 0.6) is 0 Å². The lowest BCUT2D eigenvalue weighted by Gasteiger charge is -2.10. The fourth-order valence-corrected chi connectivity index (χ4v) is 3.19. The first-order valence-corrected chi connectivity index (χ1v) is 7.91. The van der Waals surface area contributed by atoms with Crippen LogP contribution in [-0.4, -0.2) is 11.5 Å². The van der Waals surface area contributed by atoms with Gasteiger partial charge in [-0.1, -0.05) is 17.7 Å². The minimum absolute atomic E-state index is 0.194. The van der Waals surface area contributed by atoms with Crippen molar-refractivity contribution in [1.82, 2.24) is 0 Å². The van der Waals surface area contributed by atoms with Gasteiger partial charge in [0, 0.05) is 11.3 Å². The number of rotatable bonds is 5. The van der Waals surface area contributed by atoms with Crippen LogP contribution in [0.4, 0.5) is 4.39 Å². The topological polar surface area (TPSA) is 17.1 Å². The van der Waals surface area contributed by atoms with Crippen LogP contribution in [0.25, 0.3) is 0 Å². The molecule has 2 aromatic rings. The first kappa shape index (κ1) is 15.8. The summed E-state index contributed by atoms with van der Waals surface area (Å²) < 4.78 is 12.8. The largest absolute Gasteiger partial charge is 0.298 e. The molecule has 3 heteroatoms. The van der Waals surface area contributed by atoms with Crippen LogP contribution < -0.4 is 0 Å². The van der Waals surface area contributed by atoms with Crippen LogP contribution in [0.1, 0.15) is 22.3 Å². The highest BCUT2D eigenvalue weighted by molar-refractivity contribution is 8.00. The molecule has 0 aliphatic heterocycles. The van der Waals surface area contributed by atoms with E-state index in [2.05, 4.69) is 32.9 Å². The zero-order valence-corrected chi connectivity index (χ0v) is 13.4.